The van der Waals surface area contributed by atoms with Crippen molar-refractivity contribution in [3.63, 3.8) is 0 Å². The monoisotopic (exact) mass is 463 g/mol. The van der Waals surface area contributed by atoms with E-state index in [1.807, 2.05) is 0 Å². The molecule has 0 saturated carbocycles. The van der Waals surface area contributed by atoms with Gasteiger partial charge in [-0.05, 0) is 61.7 Å². The van der Waals surface area contributed by atoms with Gasteiger partial charge in [0.15, 0.2) is 5.71 Å². The molecule has 2 aliphatic heterocycles. The third-order valence-corrected chi connectivity index (χ3v) is 8.19. The van der Waals surface area contributed by atoms with Gasteiger partial charge in [-0.3, -0.25) is 0 Å². The molecule has 0 amide bonds. The molecule has 0 radical (unpaired) electrons. The number of benzene rings is 3. The minimum atomic E-state index is -0.0624. The molecule has 5 rings (SSSR count). The zero-order valence-corrected chi connectivity index (χ0v) is 22.4. The number of rotatable bonds is 5. The highest BCUT2D eigenvalue weighted by Crippen LogP contribution is 2.48. The molecule has 35 heavy (non-hydrogen) atoms. The maximum absolute atomic E-state index is 2.55. The van der Waals surface area contributed by atoms with Crippen LogP contribution >= 0.6 is 0 Å². The van der Waals surface area contributed by atoms with E-state index in [0.717, 1.165) is 6.54 Å². The molecule has 0 atom stereocenters. The van der Waals surface area contributed by atoms with Gasteiger partial charge in [0.1, 0.15) is 7.05 Å². The molecule has 0 saturated heterocycles. The van der Waals surface area contributed by atoms with Gasteiger partial charge in [0.25, 0.3) is 0 Å². The second-order valence-electron chi connectivity index (χ2n) is 11.3. The van der Waals surface area contributed by atoms with Gasteiger partial charge in [-0.25, -0.2) is 0 Å². The number of fused-ring (bicyclic) bond motifs is 4. The molecule has 3 aromatic rings. The summed E-state index contributed by atoms with van der Waals surface area (Å²) in [5, 5.41) is 2.67. The number of nitrogens with zero attached hydrogens (tertiary/aromatic N) is 2. The highest BCUT2D eigenvalue weighted by molar-refractivity contribution is 6.07. The number of hydrogen-bond acceptors (Lipinski definition) is 1. The predicted octanol–water partition coefficient (Wildman–Crippen LogP) is 8.19. The topological polar surface area (TPSA) is 6.25 Å². The van der Waals surface area contributed by atoms with Crippen LogP contribution in [0.2, 0.25) is 0 Å². The molecule has 0 N–H and O–H groups in total. The molecule has 2 heteroatoms. The van der Waals surface area contributed by atoms with Crippen LogP contribution in [0.25, 0.3) is 10.8 Å². The molecule has 2 heterocycles. The summed E-state index contributed by atoms with van der Waals surface area (Å²) >= 11 is 0. The summed E-state index contributed by atoms with van der Waals surface area (Å²) in [6.45, 7) is 15.0. The maximum atomic E-state index is 2.55. The van der Waals surface area contributed by atoms with Crippen molar-refractivity contribution in [3.8, 4) is 0 Å². The minimum Gasteiger partial charge on any atom is -0.344 e. The molecule has 3 aromatic carbocycles. The van der Waals surface area contributed by atoms with Gasteiger partial charge in [-0.2, -0.15) is 4.58 Å². The Bertz CT molecular complexity index is 1400. The van der Waals surface area contributed by atoms with E-state index in [1.54, 1.807) is 0 Å². The summed E-state index contributed by atoms with van der Waals surface area (Å²) in [6, 6.07) is 20.3. The van der Waals surface area contributed by atoms with Crippen molar-refractivity contribution >= 4 is 27.9 Å². The van der Waals surface area contributed by atoms with Crippen LogP contribution in [0, 0.1) is 6.92 Å². The molecule has 0 unspecified atom stereocenters. The summed E-state index contributed by atoms with van der Waals surface area (Å²) in [5.41, 5.74) is 9.55. The average Bonchev–Trinajstić information content (AvgIpc) is 3.16. The van der Waals surface area contributed by atoms with Crippen molar-refractivity contribution in [1.82, 2.24) is 0 Å². The fraction of sp³-hybridized carbons (Fsp3) is 0.364. The molecular weight excluding hydrogens is 424 g/mol. The largest absolute Gasteiger partial charge is 0.344 e. The number of hydrogen-bond donors (Lipinski definition) is 0. The molecule has 0 bridgehead atoms. The van der Waals surface area contributed by atoms with Crippen molar-refractivity contribution in [2.45, 2.75) is 65.2 Å². The van der Waals surface area contributed by atoms with Gasteiger partial charge < -0.3 is 4.90 Å². The van der Waals surface area contributed by atoms with E-state index in [0.29, 0.717) is 0 Å². The highest BCUT2D eigenvalue weighted by atomic mass is 15.2. The van der Waals surface area contributed by atoms with E-state index >= 15 is 0 Å². The van der Waals surface area contributed by atoms with Crippen LogP contribution in [0.5, 0.6) is 0 Å². The zero-order chi connectivity index (χ0) is 25.0. The predicted molar refractivity (Wildman–Crippen MR) is 152 cm³/mol. The lowest BCUT2D eigenvalue weighted by molar-refractivity contribution is -0.401. The van der Waals surface area contributed by atoms with Gasteiger partial charge in [-0.15, -0.1) is 0 Å². The second kappa shape index (κ2) is 8.52. The van der Waals surface area contributed by atoms with Gasteiger partial charge in [0.05, 0.1) is 5.41 Å². The number of allylic oxidation sites excluding steroid dienone is 4. The molecule has 0 fully saturated rings. The third-order valence-electron chi connectivity index (χ3n) is 8.19. The van der Waals surface area contributed by atoms with E-state index in [9.17, 15) is 0 Å². The first-order valence-electron chi connectivity index (χ1n) is 13.1. The molecule has 2 aliphatic rings. The van der Waals surface area contributed by atoms with Crippen molar-refractivity contribution in [2.24, 2.45) is 0 Å². The lowest BCUT2D eigenvalue weighted by atomic mass is 9.79. The molecular formula is C33H39N2+. The van der Waals surface area contributed by atoms with Crippen molar-refractivity contribution < 1.29 is 4.58 Å². The summed E-state index contributed by atoms with van der Waals surface area (Å²) < 4.78 is 2.38. The Kier molecular flexibility index (Phi) is 5.74. The molecule has 180 valence electrons. The average molecular weight is 464 g/mol. The Morgan fingerprint density at radius 1 is 0.943 bits per heavy atom. The summed E-state index contributed by atoms with van der Waals surface area (Å²) in [7, 11) is 2.21. The molecule has 0 aliphatic carbocycles. The first-order valence-corrected chi connectivity index (χ1v) is 13.1. The first kappa shape index (κ1) is 23.6. The smallest absolute Gasteiger partial charge is 0.210 e. The Labute approximate surface area is 211 Å². The second-order valence-corrected chi connectivity index (χ2v) is 11.3. The van der Waals surface area contributed by atoms with Crippen LogP contribution in [-0.2, 0) is 10.8 Å². The van der Waals surface area contributed by atoms with Gasteiger partial charge >= 0.3 is 0 Å². The van der Waals surface area contributed by atoms with Crippen LogP contribution in [0.15, 0.2) is 78.5 Å². The van der Waals surface area contributed by atoms with Crippen LogP contribution in [0.1, 0.15) is 64.2 Å². The van der Waals surface area contributed by atoms with E-state index in [2.05, 4.69) is 131 Å². The third kappa shape index (κ3) is 3.66. The standard InChI is InChI=1S/C33H39N2/c1-8-9-21-35-27-19-17-23(2)22-26(27)32(3,4)30(35)16-12-15-29-33(5,6)31-25-14-11-10-13-24(25)18-20-28(31)34(29)7/h10-20,22H,8-9,21H2,1-7H3/q+1. The van der Waals surface area contributed by atoms with Crippen LogP contribution in [0.4, 0.5) is 11.4 Å². The Hall–Kier alpha value is -3.13. The van der Waals surface area contributed by atoms with Crippen molar-refractivity contribution in [1.29, 1.82) is 0 Å². The molecule has 2 nitrogen and oxygen atoms in total. The van der Waals surface area contributed by atoms with Crippen molar-refractivity contribution in [2.75, 3.05) is 18.5 Å². The first-order chi connectivity index (χ1) is 16.7. The van der Waals surface area contributed by atoms with Crippen LogP contribution < -0.4 is 4.90 Å². The normalized spacial score (nSPS) is 19.3. The Balaban J connectivity index is 1.55. The fourth-order valence-electron chi connectivity index (χ4n) is 6.27. The van der Waals surface area contributed by atoms with Gasteiger partial charge in [-0.1, -0.05) is 75.2 Å². The summed E-state index contributed by atoms with van der Waals surface area (Å²) in [5.74, 6) is 0. The number of aryl methyl sites for hydroxylation is 1. The van der Waals surface area contributed by atoms with E-state index < -0.39 is 0 Å². The summed E-state index contributed by atoms with van der Waals surface area (Å²) in [6.07, 6.45) is 9.38. The fourth-order valence-corrected chi connectivity index (χ4v) is 6.27. The van der Waals surface area contributed by atoms with E-state index in [-0.39, 0.29) is 10.8 Å². The van der Waals surface area contributed by atoms with Gasteiger partial charge in [0.2, 0.25) is 5.69 Å². The highest BCUT2D eigenvalue weighted by Gasteiger charge is 2.44. The number of unbranched alkanes of at least 4 members (excludes halogenated alkanes) is 1. The zero-order valence-electron chi connectivity index (χ0n) is 22.4. The van der Waals surface area contributed by atoms with Crippen molar-refractivity contribution in [3.05, 3.63) is 95.2 Å². The lowest BCUT2D eigenvalue weighted by Crippen LogP contribution is -2.27. The molecule has 0 spiro atoms. The minimum absolute atomic E-state index is 0.0135. The lowest BCUT2D eigenvalue weighted by Gasteiger charge is -2.27. The van der Waals surface area contributed by atoms with E-state index in [1.165, 1.54) is 63.1 Å². The Morgan fingerprint density at radius 2 is 1.71 bits per heavy atom. The quantitative estimate of drug-likeness (QED) is 0.346. The van der Waals surface area contributed by atoms with E-state index in [4.69, 9.17) is 0 Å². The van der Waals surface area contributed by atoms with Crippen LogP contribution in [-0.4, -0.2) is 23.9 Å². The molecule has 0 aromatic heterocycles. The SMILES string of the molecule is CCCCN1/C(=C\C=C\C2=[N+](C)c3ccc4ccccc4c3C2(C)C)C(C)(C)c2cc(C)ccc21. The Morgan fingerprint density at radius 3 is 2.49 bits per heavy atom. The van der Waals surface area contributed by atoms with Gasteiger partial charge in [0, 0.05) is 41.1 Å². The van der Waals surface area contributed by atoms with Crippen LogP contribution in [0.3, 0.4) is 0 Å². The number of anilines is 1. The maximum Gasteiger partial charge on any atom is 0.210 e. The summed E-state index contributed by atoms with van der Waals surface area (Å²) in [4.78, 5) is 2.55.